The lowest BCUT2D eigenvalue weighted by molar-refractivity contribution is 0.485. The molecule has 2 aromatic carbocycles. The Labute approximate surface area is 131 Å². The molecule has 0 amide bonds. The van der Waals surface area contributed by atoms with E-state index in [1.54, 1.807) is 37.3 Å². The van der Waals surface area contributed by atoms with Crippen LogP contribution in [0.3, 0.4) is 0 Å². The van der Waals surface area contributed by atoms with Crippen molar-refractivity contribution >= 4 is 15.8 Å². The molecule has 0 spiro atoms. The molecule has 0 aliphatic carbocycles. The first-order valence-electron chi connectivity index (χ1n) is 7.41. The molecule has 1 aliphatic heterocycles. The predicted molar refractivity (Wildman–Crippen MR) is 86.9 cm³/mol. The van der Waals surface area contributed by atoms with E-state index in [0.717, 1.165) is 31.6 Å². The number of hydrogen-bond donors (Lipinski definition) is 0. The van der Waals surface area contributed by atoms with Crippen molar-refractivity contribution in [3.8, 4) is 5.75 Å². The van der Waals surface area contributed by atoms with Crippen molar-refractivity contribution in [3.63, 3.8) is 0 Å². The van der Waals surface area contributed by atoms with Crippen molar-refractivity contribution in [3.05, 3.63) is 54.1 Å². The van der Waals surface area contributed by atoms with Crippen LogP contribution < -0.4 is 9.08 Å². The normalized spacial score (nSPS) is 15.0. The van der Waals surface area contributed by atoms with Crippen LogP contribution >= 0.6 is 0 Å². The first-order chi connectivity index (χ1) is 10.6. The van der Waals surface area contributed by atoms with Crippen LogP contribution in [0.2, 0.25) is 0 Å². The van der Waals surface area contributed by atoms with Crippen molar-refractivity contribution in [2.75, 3.05) is 18.0 Å². The number of nitrogens with zero attached hydrogens (tertiary/aromatic N) is 1. The first kappa shape index (κ1) is 14.9. The average Bonchev–Trinajstić information content (AvgIpc) is 3.02. The summed E-state index contributed by atoms with van der Waals surface area (Å²) >= 11 is 0. The van der Waals surface area contributed by atoms with Gasteiger partial charge in [0.1, 0.15) is 10.6 Å². The highest BCUT2D eigenvalue weighted by molar-refractivity contribution is 7.87. The Hall–Kier alpha value is -2.01. The highest BCUT2D eigenvalue weighted by Crippen LogP contribution is 2.27. The SMILES string of the molecule is Cc1ccc(N2CCCC2)cc1S(=O)(=O)Oc1ccccc1. The van der Waals surface area contributed by atoms with E-state index in [2.05, 4.69) is 4.90 Å². The van der Waals surface area contributed by atoms with Gasteiger partial charge in [-0.2, -0.15) is 8.42 Å². The Bertz CT molecular complexity index is 751. The maximum Gasteiger partial charge on any atom is 0.339 e. The lowest BCUT2D eigenvalue weighted by Gasteiger charge is -2.19. The molecule has 1 fully saturated rings. The maximum atomic E-state index is 12.5. The Morgan fingerprint density at radius 3 is 2.36 bits per heavy atom. The fourth-order valence-electron chi connectivity index (χ4n) is 2.68. The molecule has 0 unspecified atom stereocenters. The molecule has 0 aromatic heterocycles. The molecule has 2 aromatic rings. The number of benzene rings is 2. The van der Waals surface area contributed by atoms with Gasteiger partial charge in [-0.25, -0.2) is 0 Å². The van der Waals surface area contributed by atoms with Crippen molar-refractivity contribution in [1.29, 1.82) is 0 Å². The monoisotopic (exact) mass is 317 g/mol. The van der Waals surface area contributed by atoms with Gasteiger partial charge in [-0.3, -0.25) is 0 Å². The fraction of sp³-hybridized carbons (Fsp3) is 0.294. The van der Waals surface area contributed by atoms with Crippen LogP contribution in [-0.2, 0) is 10.1 Å². The third-order valence-electron chi connectivity index (χ3n) is 3.86. The van der Waals surface area contributed by atoms with E-state index in [1.807, 2.05) is 18.2 Å². The second kappa shape index (κ2) is 6.01. The summed E-state index contributed by atoms with van der Waals surface area (Å²) in [6.07, 6.45) is 2.30. The number of anilines is 1. The molecule has 0 atom stereocenters. The van der Waals surface area contributed by atoms with Crippen LogP contribution in [-0.4, -0.2) is 21.5 Å². The summed E-state index contributed by atoms with van der Waals surface area (Å²) in [5.41, 5.74) is 1.64. The third-order valence-corrected chi connectivity index (χ3v) is 5.25. The number of rotatable bonds is 4. The summed E-state index contributed by atoms with van der Waals surface area (Å²) in [4.78, 5) is 2.45. The minimum atomic E-state index is -3.82. The van der Waals surface area contributed by atoms with E-state index in [9.17, 15) is 8.42 Å². The van der Waals surface area contributed by atoms with Crippen molar-refractivity contribution in [2.24, 2.45) is 0 Å². The van der Waals surface area contributed by atoms with Gasteiger partial charge in [0.2, 0.25) is 0 Å². The Kier molecular flexibility index (Phi) is 4.07. The van der Waals surface area contributed by atoms with Gasteiger partial charge >= 0.3 is 10.1 Å². The van der Waals surface area contributed by atoms with Gasteiger partial charge in [0.05, 0.1) is 0 Å². The second-order valence-electron chi connectivity index (χ2n) is 5.49. The summed E-state index contributed by atoms with van der Waals surface area (Å²) < 4.78 is 30.3. The van der Waals surface area contributed by atoms with Crippen LogP contribution in [0.25, 0.3) is 0 Å². The summed E-state index contributed by atoms with van der Waals surface area (Å²) in [6, 6.07) is 14.1. The van der Waals surface area contributed by atoms with E-state index >= 15 is 0 Å². The van der Waals surface area contributed by atoms with E-state index in [4.69, 9.17) is 4.18 Å². The molecule has 0 N–H and O–H groups in total. The largest absolute Gasteiger partial charge is 0.379 e. The molecular formula is C17H19NO3S. The van der Waals surface area contributed by atoms with Gasteiger partial charge in [-0.15, -0.1) is 0 Å². The average molecular weight is 317 g/mol. The topological polar surface area (TPSA) is 46.6 Å². The smallest absolute Gasteiger partial charge is 0.339 e. The highest BCUT2D eigenvalue weighted by Gasteiger charge is 2.22. The van der Waals surface area contributed by atoms with Crippen LogP contribution in [0.5, 0.6) is 5.75 Å². The standard InChI is InChI=1S/C17H19NO3S/c1-14-9-10-15(18-11-5-6-12-18)13-17(14)22(19,20)21-16-7-3-2-4-8-16/h2-4,7-10,13H,5-6,11-12H2,1H3. The highest BCUT2D eigenvalue weighted by atomic mass is 32.2. The van der Waals surface area contributed by atoms with Crippen LogP contribution in [0, 0.1) is 6.92 Å². The fourth-order valence-corrected chi connectivity index (χ4v) is 3.86. The summed E-state index contributed by atoms with van der Waals surface area (Å²) in [7, 11) is -3.82. The van der Waals surface area contributed by atoms with E-state index < -0.39 is 10.1 Å². The molecular weight excluding hydrogens is 298 g/mol. The van der Waals surface area contributed by atoms with E-state index in [1.165, 1.54) is 0 Å². The molecule has 22 heavy (non-hydrogen) atoms. The molecule has 1 saturated heterocycles. The zero-order valence-electron chi connectivity index (χ0n) is 12.5. The molecule has 5 heteroatoms. The Morgan fingerprint density at radius 2 is 1.68 bits per heavy atom. The number of aryl methyl sites for hydroxylation is 1. The second-order valence-corrected chi connectivity index (χ2v) is 7.01. The number of hydrogen-bond acceptors (Lipinski definition) is 4. The van der Waals surface area contributed by atoms with Gasteiger partial charge in [0.15, 0.2) is 0 Å². The minimum Gasteiger partial charge on any atom is -0.379 e. The lowest BCUT2D eigenvalue weighted by atomic mass is 10.2. The molecule has 4 nitrogen and oxygen atoms in total. The summed E-state index contributed by atoms with van der Waals surface area (Å²) in [5.74, 6) is 0.327. The predicted octanol–water partition coefficient (Wildman–Crippen LogP) is 3.36. The molecule has 3 rings (SSSR count). The van der Waals surface area contributed by atoms with Crippen LogP contribution in [0.15, 0.2) is 53.4 Å². The first-order valence-corrected chi connectivity index (χ1v) is 8.82. The lowest BCUT2D eigenvalue weighted by Crippen LogP contribution is -2.19. The van der Waals surface area contributed by atoms with Crippen molar-refractivity contribution < 1.29 is 12.6 Å². The van der Waals surface area contributed by atoms with Crippen LogP contribution in [0.1, 0.15) is 18.4 Å². The van der Waals surface area contributed by atoms with Gasteiger partial charge < -0.3 is 9.08 Å². The van der Waals surface area contributed by atoms with Crippen LogP contribution in [0.4, 0.5) is 5.69 Å². The molecule has 0 saturated carbocycles. The zero-order chi connectivity index (χ0) is 15.6. The van der Waals surface area contributed by atoms with Gasteiger partial charge in [0, 0.05) is 18.8 Å². The van der Waals surface area contributed by atoms with Crippen molar-refractivity contribution in [1.82, 2.24) is 0 Å². The van der Waals surface area contributed by atoms with Gasteiger partial charge in [0.25, 0.3) is 0 Å². The number of para-hydroxylation sites is 1. The van der Waals surface area contributed by atoms with E-state index in [0.29, 0.717) is 11.3 Å². The molecule has 1 aliphatic rings. The molecule has 0 radical (unpaired) electrons. The molecule has 1 heterocycles. The quantitative estimate of drug-likeness (QED) is 0.811. The molecule has 0 bridgehead atoms. The zero-order valence-corrected chi connectivity index (χ0v) is 13.3. The Balaban J connectivity index is 1.93. The summed E-state index contributed by atoms with van der Waals surface area (Å²) in [5, 5.41) is 0. The minimum absolute atomic E-state index is 0.237. The van der Waals surface area contributed by atoms with Gasteiger partial charge in [-0.05, 0) is 49.6 Å². The van der Waals surface area contributed by atoms with Crippen molar-refractivity contribution in [2.45, 2.75) is 24.7 Å². The third kappa shape index (κ3) is 3.09. The summed E-state index contributed by atoms with van der Waals surface area (Å²) in [6.45, 7) is 3.74. The Morgan fingerprint density at radius 1 is 1.00 bits per heavy atom. The maximum absolute atomic E-state index is 12.5. The van der Waals surface area contributed by atoms with E-state index in [-0.39, 0.29) is 4.90 Å². The van der Waals surface area contributed by atoms with Gasteiger partial charge in [-0.1, -0.05) is 24.3 Å². The molecule has 116 valence electrons.